The van der Waals surface area contributed by atoms with E-state index in [2.05, 4.69) is 9.98 Å². The van der Waals surface area contributed by atoms with Crippen molar-refractivity contribution in [1.82, 2.24) is 0 Å². The Balaban J connectivity index is 1.97. The maximum atomic E-state index is 10.8. The van der Waals surface area contributed by atoms with Crippen LogP contribution < -0.4 is 0 Å². The molecule has 0 saturated carbocycles. The molecule has 0 aromatic heterocycles. The number of benzene rings is 1. The fourth-order valence-electron chi connectivity index (χ4n) is 1.98. The Kier molecular flexibility index (Phi) is 2.98. The van der Waals surface area contributed by atoms with Crippen LogP contribution in [0.2, 0.25) is 0 Å². The summed E-state index contributed by atoms with van der Waals surface area (Å²) < 4.78 is 0. The van der Waals surface area contributed by atoms with Gasteiger partial charge in [-0.15, -0.1) is 11.8 Å². The third kappa shape index (κ3) is 1.92. The topological polar surface area (TPSA) is 45.0 Å². The standard InChI is InChI=1S/C12H12N2OS2/c15-12(9-4-2-1-3-5-9)10(17-8-14-12)11-13-6-7-16-11/h1-5,8,10,15H,6-7H2. The predicted molar refractivity (Wildman–Crippen MR) is 75.0 cm³/mol. The minimum Gasteiger partial charge on any atom is -0.364 e. The van der Waals surface area contributed by atoms with E-state index >= 15 is 0 Å². The summed E-state index contributed by atoms with van der Waals surface area (Å²) in [5, 5.41) is 11.7. The van der Waals surface area contributed by atoms with Crippen LogP contribution in [0.4, 0.5) is 0 Å². The van der Waals surface area contributed by atoms with Crippen molar-refractivity contribution in [3.63, 3.8) is 0 Å². The lowest BCUT2D eigenvalue weighted by Gasteiger charge is -2.27. The van der Waals surface area contributed by atoms with Crippen molar-refractivity contribution in [3.05, 3.63) is 35.9 Å². The van der Waals surface area contributed by atoms with Crippen LogP contribution in [0.15, 0.2) is 40.3 Å². The zero-order valence-corrected chi connectivity index (χ0v) is 10.7. The van der Waals surface area contributed by atoms with E-state index in [-0.39, 0.29) is 5.25 Å². The second kappa shape index (κ2) is 4.48. The monoisotopic (exact) mass is 264 g/mol. The number of aliphatic hydroxyl groups is 1. The van der Waals surface area contributed by atoms with Crippen molar-refractivity contribution in [2.24, 2.45) is 9.98 Å². The highest BCUT2D eigenvalue weighted by Crippen LogP contribution is 2.42. The molecular formula is C12H12N2OS2. The van der Waals surface area contributed by atoms with Crippen molar-refractivity contribution in [1.29, 1.82) is 0 Å². The Bertz CT molecular complexity index is 475. The van der Waals surface area contributed by atoms with Crippen LogP contribution in [-0.2, 0) is 5.72 Å². The molecule has 88 valence electrons. The first-order valence-electron chi connectivity index (χ1n) is 5.45. The third-order valence-electron chi connectivity index (χ3n) is 2.84. The number of hydrogen-bond donors (Lipinski definition) is 1. The van der Waals surface area contributed by atoms with Gasteiger partial charge in [0, 0.05) is 17.9 Å². The average molecular weight is 264 g/mol. The van der Waals surface area contributed by atoms with Crippen LogP contribution in [0.1, 0.15) is 5.56 Å². The molecule has 0 spiro atoms. The fraction of sp³-hybridized carbons (Fsp3) is 0.333. The van der Waals surface area contributed by atoms with Gasteiger partial charge in [0.2, 0.25) is 5.72 Å². The lowest BCUT2D eigenvalue weighted by molar-refractivity contribution is 0.0638. The first kappa shape index (κ1) is 11.3. The molecule has 2 aliphatic heterocycles. The molecule has 2 aliphatic rings. The zero-order chi connectivity index (χ0) is 11.7. The van der Waals surface area contributed by atoms with Crippen molar-refractivity contribution in [3.8, 4) is 0 Å². The third-order valence-corrected chi connectivity index (χ3v) is 5.09. The van der Waals surface area contributed by atoms with Gasteiger partial charge < -0.3 is 5.11 Å². The van der Waals surface area contributed by atoms with Crippen LogP contribution in [0, 0.1) is 0 Å². The molecule has 3 nitrogen and oxygen atoms in total. The molecule has 1 aromatic rings. The Morgan fingerprint density at radius 1 is 1.29 bits per heavy atom. The predicted octanol–water partition coefficient (Wildman–Crippen LogP) is 2.12. The second-order valence-electron chi connectivity index (χ2n) is 3.91. The highest BCUT2D eigenvalue weighted by molar-refractivity contribution is 8.19. The molecule has 0 fully saturated rings. The summed E-state index contributed by atoms with van der Waals surface area (Å²) in [6.45, 7) is 0.849. The average Bonchev–Trinajstić information content (AvgIpc) is 2.99. The quantitative estimate of drug-likeness (QED) is 0.890. The molecule has 5 heteroatoms. The van der Waals surface area contributed by atoms with Gasteiger partial charge in [0.25, 0.3) is 0 Å². The molecule has 3 rings (SSSR count). The maximum absolute atomic E-state index is 10.8. The largest absolute Gasteiger partial charge is 0.364 e. The highest BCUT2D eigenvalue weighted by atomic mass is 32.2. The molecule has 2 heterocycles. The fourth-order valence-corrected chi connectivity index (χ4v) is 4.17. The normalized spacial score (nSPS) is 31.8. The van der Waals surface area contributed by atoms with E-state index in [0.717, 1.165) is 22.9 Å². The molecule has 1 aromatic carbocycles. The molecule has 2 unspecified atom stereocenters. The van der Waals surface area contributed by atoms with Gasteiger partial charge in [0.15, 0.2) is 0 Å². The summed E-state index contributed by atoms with van der Waals surface area (Å²) in [6, 6.07) is 9.61. The summed E-state index contributed by atoms with van der Waals surface area (Å²) in [5.41, 5.74) is 1.42. The Morgan fingerprint density at radius 3 is 2.82 bits per heavy atom. The molecule has 0 amide bonds. The van der Waals surface area contributed by atoms with E-state index < -0.39 is 5.72 Å². The summed E-state index contributed by atoms with van der Waals surface area (Å²) in [7, 11) is 0. The van der Waals surface area contributed by atoms with Gasteiger partial charge >= 0.3 is 0 Å². The van der Waals surface area contributed by atoms with Crippen LogP contribution in [-0.4, -0.2) is 33.2 Å². The number of hydrogen-bond acceptors (Lipinski definition) is 5. The van der Waals surface area contributed by atoms with Gasteiger partial charge in [-0.05, 0) is 0 Å². The number of nitrogens with zero attached hydrogens (tertiary/aromatic N) is 2. The van der Waals surface area contributed by atoms with Gasteiger partial charge in [-0.25, -0.2) is 4.99 Å². The van der Waals surface area contributed by atoms with Crippen molar-refractivity contribution >= 4 is 34.1 Å². The minimum absolute atomic E-state index is 0.0857. The molecule has 1 N–H and O–H groups in total. The van der Waals surface area contributed by atoms with Gasteiger partial charge in [-0.1, -0.05) is 42.1 Å². The number of aliphatic imine (C=N–C) groups is 2. The van der Waals surface area contributed by atoms with E-state index in [9.17, 15) is 5.11 Å². The zero-order valence-electron chi connectivity index (χ0n) is 9.11. The van der Waals surface area contributed by atoms with E-state index in [1.54, 1.807) is 29.1 Å². The Morgan fingerprint density at radius 2 is 2.12 bits per heavy atom. The lowest BCUT2D eigenvalue weighted by atomic mass is 10.00. The first-order valence-corrected chi connectivity index (χ1v) is 7.38. The highest BCUT2D eigenvalue weighted by Gasteiger charge is 2.45. The van der Waals surface area contributed by atoms with Crippen molar-refractivity contribution < 1.29 is 5.11 Å². The Hall–Kier alpha value is -0.780. The summed E-state index contributed by atoms with van der Waals surface area (Å²) in [5.74, 6) is 1.01. The molecule has 17 heavy (non-hydrogen) atoms. The second-order valence-corrected chi connectivity index (χ2v) is 5.98. The van der Waals surface area contributed by atoms with Gasteiger partial charge in [0.05, 0.1) is 10.6 Å². The maximum Gasteiger partial charge on any atom is 0.201 e. The van der Waals surface area contributed by atoms with Crippen LogP contribution in [0.3, 0.4) is 0 Å². The van der Waals surface area contributed by atoms with Gasteiger partial charge in [0.1, 0.15) is 5.25 Å². The van der Waals surface area contributed by atoms with Crippen molar-refractivity contribution in [2.75, 3.05) is 12.3 Å². The van der Waals surface area contributed by atoms with E-state index in [1.807, 2.05) is 30.3 Å². The molecule has 2 atom stereocenters. The van der Waals surface area contributed by atoms with E-state index in [4.69, 9.17) is 0 Å². The molecular weight excluding hydrogens is 252 g/mol. The van der Waals surface area contributed by atoms with Gasteiger partial charge in [-0.3, -0.25) is 4.99 Å². The van der Waals surface area contributed by atoms with Crippen molar-refractivity contribution in [2.45, 2.75) is 11.0 Å². The number of thioether (sulfide) groups is 2. The molecule has 0 bridgehead atoms. The van der Waals surface area contributed by atoms with E-state index in [1.165, 1.54) is 0 Å². The number of rotatable bonds is 2. The molecule has 0 saturated heterocycles. The van der Waals surface area contributed by atoms with Crippen LogP contribution >= 0.6 is 23.5 Å². The van der Waals surface area contributed by atoms with Gasteiger partial charge in [-0.2, -0.15) is 0 Å². The molecule has 0 aliphatic carbocycles. The Labute approximate surface area is 108 Å². The minimum atomic E-state index is -1.15. The van der Waals surface area contributed by atoms with Crippen LogP contribution in [0.5, 0.6) is 0 Å². The summed E-state index contributed by atoms with van der Waals surface area (Å²) in [4.78, 5) is 8.72. The van der Waals surface area contributed by atoms with E-state index in [0.29, 0.717) is 0 Å². The summed E-state index contributed by atoms with van der Waals surface area (Å²) >= 11 is 3.27. The van der Waals surface area contributed by atoms with Crippen LogP contribution in [0.25, 0.3) is 0 Å². The first-order chi connectivity index (χ1) is 8.31. The summed E-state index contributed by atoms with van der Waals surface area (Å²) in [6.07, 6.45) is 0. The SMILES string of the molecule is OC1(c2ccccc2)N=CSC1C1=NCCS1. The lowest BCUT2D eigenvalue weighted by Crippen LogP contribution is -2.36. The smallest absolute Gasteiger partial charge is 0.201 e. The molecule has 0 radical (unpaired) electrons.